The van der Waals surface area contributed by atoms with Crippen molar-refractivity contribution in [2.45, 2.75) is 26.4 Å². The molecule has 0 aliphatic carbocycles. The van der Waals surface area contributed by atoms with Gasteiger partial charge in [0.05, 0.1) is 6.20 Å². The van der Waals surface area contributed by atoms with Gasteiger partial charge in [-0.05, 0) is 28.5 Å². The standard InChI is InChI=1S/C22H26FN5O/c1-21(2,3)12-28-13-22(23,14-28)20(29)26-19-8-17-7-15(5-6-16(17)9-24-19)18-10-25-27(4)11-18/h5-11H,12-14H2,1-4H3,(H,24,26,29). The average molecular weight is 395 g/mol. The third-order valence-electron chi connectivity index (χ3n) is 5.05. The van der Waals surface area contributed by atoms with Crippen molar-refractivity contribution in [2.75, 3.05) is 25.0 Å². The van der Waals surface area contributed by atoms with Crippen LogP contribution in [0, 0.1) is 5.41 Å². The van der Waals surface area contributed by atoms with Crippen molar-refractivity contribution in [1.82, 2.24) is 19.7 Å². The number of carbonyl (C=O) groups excluding carboxylic acids is 1. The minimum absolute atomic E-state index is 0.0731. The molecule has 0 unspecified atom stereocenters. The van der Waals surface area contributed by atoms with Gasteiger partial charge in [-0.1, -0.05) is 32.9 Å². The molecule has 1 N–H and O–H groups in total. The zero-order chi connectivity index (χ0) is 20.8. The number of nitrogens with zero attached hydrogens (tertiary/aromatic N) is 4. The molecule has 1 fully saturated rings. The van der Waals surface area contributed by atoms with Gasteiger partial charge in [-0.25, -0.2) is 9.37 Å². The lowest BCUT2D eigenvalue weighted by atomic mass is 9.89. The van der Waals surface area contributed by atoms with E-state index in [2.05, 4.69) is 36.2 Å². The van der Waals surface area contributed by atoms with Crippen LogP contribution in [-0.4, -0.2) is 50.9 Å². The number of fused-ring (bicyclic) bond motifs is 1. The Bertz CT molecular complexity index is 1060. The van der Waals surface area contributed by atoms with E-state index < -0.39 is 11.6 Å². The van der Waals surface area contributed by atoms with Crippen molar-refractivity contribution in [3.8, 4) is 11.1 Å². The Labute approximate surface area is 169 Å². The number of rotatable bonds is 4. The molecule has 3 heterocycles. The molecule has 152 valence electrons. The van der Waals surface area contributed by atoms with Gasteiger partial charge in [0.2, 0.25) is 5.67 Å². The van der Waals surface area contributed by atoms with Crippen LogP contribution >= 0.6 is 0 Å². The largest absolute Gasteiger partial charge is 0.308 e. The second-order valence-corrected chi connectivity index (χ2v) is 9.16. The van der Waals surface area contributed by atoms with Crippen LogP contribution in [0.5, 0.6) is 0 Å². The number of alkyl halides is 1. The predicted octanol–water partition coefficient (Wildman–Crippen LogP) is 3.64. The first-order chi connectivity index (χ1) is 13.6. The minimum atomic E-state index is -1.86. The van der Waals surface area contributed by atoms with Gasteiger partial charge in [0.15, 0.2) is 0 Å². The Morgan fingerprint density at radius 3 is 2.59 bits per heavy atom. The first-order valence-electron chi connectivity index (χ1n) is 9.73. The number of hydrogen-bond donors (Lipinski definition) is 1. The Morgan fingerprint density at radius 2 is 1.93 bits per heavy atom. The van der Waals surface area contributed by atoms with Crippen LogP contribution in [0.3, 0.4) is 0 Å². The van der Waals surface area contributed by atoms with Gasteiger partial charge in [0.1, 0.15) is 5.82 Å². The molecular formula is C22H26FN5O. The minimum Gasteiger partial charge on any atom is -0.308 e. The number of anilines is 1. The Morgan fingerprint density at radius 1 is 1.17 bits per heavy atom. The number of amides is 1. The van der Waals surface area contributed by atoms with Gasteiger partial charge in [-0.3, -0.25) is 14.4 Å². The number of likely N-dealkylation sites (tertiary alicyclic amines) is 1. The molecule has 29 heavy (non-hydrogen) atoms. The summed E-state index contributed by atoms with van der Waals surface area (Å²) in [4.78, 5) is 18.7. The maximum atomic E-state index is 14.9. The third kappa shape index (κ3) is 4.15. The highest BCUT2D eigenvalue weighted by Crippen LogP contribution is 2.31. The van der Waals surface area contributed by atoms with E-state index in [0.717, 1.165) is 28.4 Å². The molecule has 1 aliphatic rings. The Hall–Kier alpha value is -2.80. The zero-order valence-corrected chi connectivity index (χ0v) is 17.2. The number of halogens is 1. The van der Waals surface area contributed by atoms with Gasteiger partial charge in [-0.2, -0.15) is 5.10 Å². The second-order valence-electron chi connectivity index (χ2n) is 9.16. The molecule has 1 amide bonds. The maximum absolute atomic E-state index is 14.9. The number of benzene rings is 1. The molecule has 0 radical (unpaired) electrons. The third-order valence-corrected chi connectivity index (χ3v) is 5.05. The van der Waals surface area contributed by atoms with E-state index in [1.807, 2.05) is 36.3 Å². The van der Waals surface area contributed by atoms with Crippen molar-refractivity contribution < 1.29 is 9.18 Å². The lowest BCUT2D eigenvalue weighted by Gasteiger charge is -2.45. The summed E-state index contributed by atoms with van der Waals surface area (Å²) < 4.78 is 16.7. The Kier molecular flexibility index (Phi) is 4.65. The average Bonchev–Trinajstić information content (AvgIpc) is 3.05. The van der Waals surface area contributed by atoms with Crippen molar-refractivity contribution in [3.05, 3.63) is 42.9 Å². The van der Waals surface area contributed by atoms with E-state index in [1.165, 1.54) is 0 Å². The molecule has 2 aromatic heterocycles. The maximum Gasteiger partial charge on any atom is 0.265 e. The summed E-state index contributed by atoms with van der Waals surface area (Å²) in [6.07, 6.45) is 5.44. The predicted molar refractivity (Wildman–Crippen MR) is 112 cm³/mol. The summed E-state index contributed by atoms with van der Waals surface area (Å²) in [5.41, 5.74) is 0.240. The van der Waals surface area contributed by atoms with Crippen LogP contribution in [0.15, 0.2) is 42.9 Å². The lowest BCUT2D eigenvalue weighted by Crippen LogP contribution is -2.65. The summed E-state index contributed by atoms with van der Waals surface area (Å²) in [6.45, 7) is 7.30. The zero-order valence-electron chi connectivity index (χ0n) is 17.2. The number of hydrogen-bond acceptors (Lipinski definition) is 4. The van der Waals surface area contributed by atoms with E-state index in [9.17, 15) is 9.18 Å². The first kappa shape index (κ1) is 19.5. The fraction of sp³-hybridized carbons (Fsp3) is 0.409. The highest BCUT2D eigenvalue weighted by atomic mass is 19.1. The molecule has 0 bridgehead atoms. The van der Waals surface area contributed by atoms with E-state index >= 15 is 0 Å². The van der Waals surface area contributed by atoms with Gasteiger partial charge in [0.25, 0.3) is 5.91 Å². The molecule has 1 aromatic carbocycles. The molecule has 0 saturated carbocycles. The highest BCUT2D eigenvalue weighted by molar-refractivity contribution is 5.99. The van der Waals surface area contributed by atoms with Crippen molar-refractivity contribution >= 4 is 22.5 Å². The molecule has 0 atom stereocenters. The fourth-order valence-corrected chi connectivity index (χ4v) is 3.78. The topological polar surface area (TPSA) is 63.1 Å². The summed E-state index contributed by atoms with van der Waals surface area (Å²) >= 11 is 0. The van der Waals surface area contributed by atoms with E-state index in [4.69, 9.17) is 0 Å². The van der Waals surface area contributed by atoms with Gasteiger partial charge in [-0.15, -0.1) is 0 Å². The van der Waals surface area contributed by atoms with Crippen molar-refractivity contribution in [3.63, 3.8) is 0 Å². The van der Waals surface area contributed by atoms with Crippen molar-refractivity contribution in [1.29, 1.82) is 0 Å². The molecular weight excluding hydrogens is 369 g/mol. The SMILES string of the molecule is Cn1cc(-c2ccc3cnc(NC(=O)C4(F)CN(CC(C)(C)C)C4)cc3c2)cn1. The van der Waals surface area contributed by atoms with Gasteiger partial charge < -0.3 is 5.32 Å². The number of aryl methyl sites for hydroxylation is 1. The molecule has 1 saturated heterocycles. The fourth-order valence-electron chi connectivity index (χ4n) is 3.78. The summed E-state index contributed by atoms with van der Waals surface area (Å²) in [5, 5.41) is 8.73. The number of aromatic nitrogens is 3. The first-order valence-corrected chi connectivity index (χ1v) is 9.73. The second kappa shape index (κ2) is 6.91. The quantitative estimate of drug-likeness (QED) is 0.733. The number of pyridine rings is 1. The van der Waals surface area contributed by atoms with E-state index in [0.29, 0.717) is 5.82 Å². The van der Waals surface area contributed by atoms with Gasteiger partial charge >= 0.3 is 0 Å². The van der Waals surface area contributed by atoms with Crippen LogP contribution < -0.4 is 5.32 Å². The van der Waals surface area contributed by atoms with Gasteiger partial charge in [0, 0.05) is 50.0 Å². The van der Waals surface area contributed by atoms with Crippen LogP contribution in [0.25, 0.3) is 21.9 Å². The normalized spacial score (nSPS) is 16.6. The van der Waals surface area contributed by atoms with Crippen LogP contribution in [0.2, 0.25) is 0 Å². The van der Waals surface area contributed by atoms with Crippen molar-refractivity contribution in [2.24, 2.45) is 12.5 Å². The summed E-state index contributed by atoms with van der Waals surface area (Å²) in [5.74, 6) is -0.268. The molecule has 1 aliphatic heterocycles. The molecule has 7 heteroatoms. The monoisotopic (exact) mass is 395 g/mol. The molecule has 0 spiro atoms. The number of nitrogens with one attached hydrogen (secondary N) is 1. The highest BCUT2D eigenvalue weighted by Gasteiger charge is 2.50. The van der Waals surface area contributed by atoms with Crippen LogP contribution in [-0.2, 0) is 11.8 Å². The number of carbonyl (C=O) groups is 1. The van der Waals surface area contributed by atoms with E-state index in [1.54, 1.807) is 23.1 Å². The van der Waals surface area contributed by atoms with Crippen LogP contribution in [0.1, 0.15) is 20.8 Å². The lowest BCUT2D eigenvalue weighted by molar-refractivity contribution is -0.140. The molecule has 4 rings (SSSR count). The van der Waals surface area contributed by atoms with Crippen LogP contribution in [0.4, 0.5) is 10.2 Å². The smallest absolute Gasteiger partial charge is 0.265 e. The molecule has 6 nitrogen and oxygen atoms in total. The van der Waals surface area contributed by atoms with E-state index in [-0.39, 0.29) is 18.5 Å². The Balaban J connectivity index is 1.49. The summed E-state index contributed by atoms with van der Waals surface area (Å²) in [6, 6.07) is 7.78. The summed E-state index contributed by atoms with van der Waals surface area (Å²) in [7, 11) is 1.87. The molecule has 3 aromatic rings.